The molecule has 4 aromatic rings. The van der Waals surface area contributed by atoms with Gasteiger partial charge in [-0.1, -0.05) is 23.7 Å². The maximum Gasteiger partial charge on any atom is 0.248 e. The van der Waals surface area contributed by atoms with E-state index in [-0.39, 0.29) is 5.91 Å². The number of anilines is 1. The van der Waals surface area contributed by atoms with Gasteiger partial charge in [0.1, 0.15) is 22.8 Å². The smallest absolute Gasteiger partial charge is 0.248 e. The number of furan rings is 1. The Bertz CT molecular complexity index is 1440. The molecule has 35 heavy (non-hydrogen) atoms. The van der Waals surface area contributed by atoms with Crippen LogP contribution in [0.25, 0.3) is 27.7 Å². The number of nitrogens with one attached hydrogen (secondary N) is 1. The van der Waals surface area contributed by atoms with Gasteiger partial charge in [0, 0.05) is 33.8 Å². The van der Waals surface area contributed by atoms with Crippen LogP contribution in [0.3, 0.4) is 0 Å². The molecular weight excluding hydrogens is 466 g/mol. The van der Waals surface area contributed by atoms with Crippen molar-refractivity contribution in [3.63, 3.8) is 0 Å². The second-order valence-corrected chi connectivity index (χ2v) is 8.41. The third-order valence-electron chi connectivity index (χ3n) is 5.82. The van der Waals surface area contributed by atoms with Crippen molar-refractivity contribution in [1.82, 2.24) is 0 Å². The van der Waals surface area contributed by atoms with Crippen LogP contribution in [0.1, 0.15) is 18.1 Å². The number of fused-ring (bicyclic) bond motifs is 1. The molecule has 0 radical (unpaired) electrons. The summed E-state index contributed by atoms with van der Waals surface area (Å²) in [6, 6.07) is 14.9. The highest BCUT2D eigenvalue weighted by atomic mass is 35.5. The molecule has 0 aliphatic heterocycles. The normalized spacial score (nSPS) is 11.4. The lowest BCUT2D eigenvalue weighted by Crippen LogP contribution is -2.09. The molecule has 0 aliphatic rings. The summed E-state index contributed by atoms with van der Waals surface area (Å²) >= 11 is 6.18. The van der Waals surface area contributed by atoms with E-state index in [0.29, 0.717) is 22.2 Å². The van der Waals surface area contributed by atoms with Gasteiger partial charge < -0.3 is 23.9 Å². The zero-order valence-corrected chi connectivity index (χ0v) is 20.9. The van der Waals surface area contributed by atoms with Gasteiger partial charge in [-0.15, -0.1) is 0 Å². The van der Waals surface area contributed by atoms with Gasteiger partial charge in [0.05, 0.1) is 32.6 Å². The molecule has 0 unspecified atom stereocenters. The average Bonchev–Trinajstić information content (AvgIpc) is 3.28. The van der Waals surface area contributed by atoms with Crippen LogP contribution in [-0.4, -0.2) is 27.2 Å². The highest BCUT2D eigenvalue weighted by Gasteiger charge is 2.19. The van der Waals surface area contributed by atoms with Gasteiger partial charge in [-0.25, -0.2) is 0 Å². The first kappa shape index (κ1) is 24.2. The Balaban J connectivity index is 1.73. The summed E-state index contributed by atoms with van der Waals surface area (Å²) in [5.41, 5.74) is 5.58. The third-order valence-corrected chi connectivity index (χ3v) is 6.12. The van der Waals surface area contributed by atoms with Gasteiger partial charge in [-0.05, 0) is 61.4 Å². The number of carbonyl (C=O) groups excluding carboxylic acids is 1. The maximum absolute atomic E-state index is 12.8. The Hall–Kier alpha value is -3.90. The summed E-state index contributed by atoms with van der Waals surface area (Å²) in [5, 5.41) is 4.17. The van der Waals surface area contributed by atoms with Gasteiger partial charge in [-0.3, -0.25) is 4.79 Å². The van der Waals surface area contributed by atoms with Crippen LogP contribution >= 0.6 is 11.6 Å². The molecule has 0 atom stereocenters. The van der Waals surface area contributed by atoms with E-state index in [1.807, 2.05) is 44.2 Å². The molecule has 4 rings (SSSR count). The van der Waals surface area contributed by atoms with Gasteiger partial charge in [0.15, 0.2) is 0 Å². The van der Waals surface area contributed by atoms with Gasteiger partial charge in [0.2, 0.25) is 5.91 Å². The number of ether oxygens (including phenoxy) is 3. The molecule has 1 amide bonds. The van der Waals surface area contributed by atoms with Gasteiger partial charge in [0.25, 0.3) is 0 Å². The SMILES string of the molecule is COc1cccc(-c2coc3c(C)c(OC)c(/C(C)=C/C(=O)Nc4ccc(OC)c(Cl)c4)cc23)c1. The summed E-state index contributed by atoms with van der Waals surface area (Å²) in [7, 11) is 4.78. The van der Waals surface area contributed by atoms with Crippen LogP contribution < -0.4 is 19.5 Å². The first-order chi connectivity index (χ1) is 16.9. The Morgan fingerprint density at radius 3 is 2.51 bits per heavy atom. The number of rotatable bonds is 7. The first-order valence-corrected chi connectivity index (χ1v) is 11.3. The molecule has 1 N–H and O–H groups in total. The van der Waals surface area contributed by atoms with E-state index in [9.17, 15) is 4.79 Å². The van der Waals surface area contributed by atoms with Crippen molar-refractivity contribution in [1.29, 1.82) is 0 Å². The highest BCUT2D eigenvalue weighted by Crippen LogP contribution is 2.41. The largest absolute Gasteiger partial charge is 0.497 e. The maximum atomic E-state index is 12.8. The van der Waals surface area contributed by atoms with E-state index in [2.05, 4.69) is 5.32 Å². The molecule has 1 aromatic heterocycles. The average molecular weight is 492 g/mol. The summed E-state index contributed by atoms with van der Waals surface area (Å²) in [6.07, 6.45) is 3.27. The van der Waals surface area contributed by atoms with Gasteiger partial charge in [-0.2, -0.15) is 0 Å². The molecule has 0 aliphatic carbocycles. The summed E-state index contributed by atoms with van der Waals surface area (Å²) in [4.78, 5) is 12.8. The molecule has 6 nitrogen and oxygen atoms in total. The lowest BCUT2D eigenvalue weighted by molar-refractivity contribution is -0.111. The zero-order chi connectivity index (χ0) is 25.1. The monoisotopic (exact) mass is 491 g/mol. The number of halogens is 1. The molecule has 180 valence electrons. The number of aryl methyl sites for hydroxylation is 1. The molecule has 7 heteroatoms. The molecular formula is C28H26ClNO5. The van der Waals surface area contributed by atoms with E-state index < -0.39 is 0 Å². The van der Waals surface area contributed by atoms with E-state index in [1.165, 1.54) is 13.2 Å². The van der Waals surface area contributed by atoms with Crippen molar-refractivity contribution < 1.29 is 23.4 Å². The number of carbonyl (C=O) groups is 1. The zero-order valence-electron chi connectivity index (χ0n) is 20.2. The lowest BCUT2D eigenvalue weighted by Gasteiger charge is -2.13. The lowest BCUT2D eigenvalue weighted by atomic mass is 9.96. The molecule has 0 spiro atoms. The summed E-state index contributed by atoms with van der Waals surface area (Å²) < 4.78 is 22.2. The molecule has 0 saturated carbocycles. The van der Waals surface area contributed by atoms with E-state index in [4.69, 9.17) is 30.2 Å². The van der Waals surface area contributed by atoms with Crippen molar-refractivity contribution in [2.75, 3.05) is 26.6 Å². The number of allylic oxidation sites excluding steroid dienone is 1. The number of benzene rings is 3. The van der Waals surface area contributed by atoms with E-state index in [1.54, 1.807) is 38.7 Å². The minimum atomic E-state index is -0.288. The Morgan fingerprint density at radius 1 is 1.03 bits per heavy atom. The van der Waals surface area contributed by atoms with Crippen LogP contribution in [0, 0.1) is 6.92 Å². The van der Waals surface area contributed by atoms with Gasteiger partial charge >= 0.3 is 0 Å². The second-order valence-electron chi connectivity index (χ2n) is 8.01. The second kappa shape index (κ2) is 10.2. The number of methoxy groups -OCH3 is 3. The first-order valence-electron chi connectivity index (χ1n) is 10.9. The van der Waals surface area contributed by atoms with Crippen LogP contribution in [0.15, 0.2) is 65.3 Å². The Morgan fingerprint density at radius 2 is 1.83 bits per heavy atom. The van der Waals surface area contributed by atoms with E-state index in [0.717, 1.165) is 44.5 Å². The fourth-order valence-corrected chi connectivity index (χ4v) is 4.34. The number of amides is 1. The van der Waals surface area contributed by atoms with Crippen molar-refractivity contribution in [3.8, 4) is 28.4 Å². The van der Waals surface area contributed by atoms with Crippen molar-refractivity contribution in [2.24, 2.45) is 0 Å². The minimum Gasteiger partial charge on any atom is -0.497 e. The Kier molecular flexibility index (Phi) is 7.03. The molecule has 1 heterocycles. The topological polar surface area (TPSA) is 69.9 Å². The summed E-state index contributed by atoms with van der Waals surface area (Å²) in [6.45, 7) is 3.81. The fraction of sp³-hybridized carbons (Fsp3) is 0.179. The van der Waals surface area contributed by atoms with Crippen molar-refractivity contribution in [3.05, 3.63) is 77.0 Å². The van der Waals surface area contributed by atoms with Crippen LogP contribution in [0.2, 0.25) is 5.02 Å². The molecule has 0 fully saturated rings. The van der Waals surface area contributed by atoms with Crippen LogP contribution in [0.5, 0.6) is 17.2 Å². The molecule has 3 aromatic carbocycles. The predicted molar refractivity (Wildman–Crippen MR) is 140 cm³/mol. The number of hydrogen-bond acceptors (Lipinski definition) is 5. The molecule has 0 bridgehead atoms. The van der Waals surface area contributed by atoms with Crippen LogP contribution in [0.4, 0.5) is 5.69 Å². The van der Waals surface area contributed by atoms with E-state index >= 15 is 0 Å². The van der Waals surface area contributed by atoms with Crippen molar-refractivity contribution >= 4 is 39.7 Å². The fourth-order valence-electron chi connectivity index (χ4n) is 4.08. The minimum absolute atomic E-state index is 0.288. The standard InChI is InChI=1S/C28H26ClNO5/c1-16(11-26(31)30-19-9-10-25(33-4)24(29)13-19)21-14-22-23(18-7-6-8-20(12-18)32-3)15-35-28(22)17(2)27(21)34-5/h6-15H,1-5H3,(H,30,31)/b16-11+. The van der Waals surface area contributed by atoms with Crippen LogP contribution in [-0.2, 0) is 4.79 Å². The Labute approximate surface area is 209 Å². The quantitative estimate of drug-likeness (QED) is 0.278. The van der Waals surface area contributed by atoms with Crippen molar-refractivity contribution in [2.45, 2.75) is 13.8 Å². The molecule has 0 saturated heterocycles. The number of hydrogen-bond donors (Lipinski definition) is 1. The highest BCUT2D eigenvalue weighted by molar-refractivity contribution is 6.32. The third kappa shape index (κ3) is 4.84. The summed E-state index contributed by atoms with van der Waals surface area (Å²) in [5.74, 6) is 1.66. The predicted octanol–water partition coefficient (Wildman–Crippen LogP) is 7.13.